The number of non-ortho nitro benzene ring substituents is 1. The molecule has 0 aromatic heterocycles. The maximum Gasteiger partial charge on any atom is 0.338 e. The fourth-order valence-electron chi connectivity index (χ4n) is 3.19. The number of hydrogen-bond acceptors (Lipinski definition) is 8. The lowest BCUT2D eigenvalue weighted by atomic mass is 10.2. The van der Waals surface area contributed by atoms with Crippen molar-refractivity contribution in [3.05, 3.63) is 57.1 Å². The number of carbonyl (C=O) groups excluding carboxylic acids is 2. The van der Waals surface area contributed by atoms with Crippen LogP contribution in [0.1, 0.15) is 23.2 Å². The van der Waals surface area contributed by atoms with E-state index in [0.29, 0.717) is 13.1 Å². The Hall–Kier alpha value is -3.22. The second kappa shape index (κ2) is 10.1. The van der Waals surface area contributed by atoms with Crippen molar-refractivity contribution in [2.75, 3.05) is 32.1 Å². The first-order valence-corrected chi connectivity index (χ1v) is 11.5. The molecule has 11 nitrogen and oxygen atoms in total. The predicted octanol–water partition coefficient (Wildman–Crippen LogP) is 2.84. The Bertz CT molecular complexity index is 1200. The average molecular weight is 498 g/mol. The van der Waals surface area contributed by atoms with Crippen LogP contribution in [0.2, 0.25) is 5.02 Å². The molecule has 1 heterocycles. The van der Waals surface area contributed by atoms with Gasteiger partial charge in [-0.25, -0.2) is 13.2 Å². The summed E-state index contributed by atoms with van der Waals surface area (Å²) in [5, 5.41) is 13.1. The van der Waals surface area contributed by atoms with Crippen molar-refractivity contribution in [2.24, 2.45) is 0 Å². The molecular formula is C20H20ClN3O8S. The van der Waals surface area contributed by atoms with Gasteiger partial charge in [-0.15, -0.1) is 0 Å². The Kier molecular flexibility index (Phi) is 7.51. The molecule has 1 saturated heterocycles. The van der Waals surface area contributed by atoms with Gasteiger partial charge in [0, 0.05) is 25.2 Å². The largest absolute Gasteiger partial charge is 0.495 e. The topological polar surface area (TPSA) is 145 Å². The van der Waals surface area contributed by atoms with Gasteiger partial charge in [0.1, 0.15) is 10.6 Å². The number of anilines is 1. The van der Waals surface area contributed by atoms with Gasteiger partial charge in [-0.3, -0.25) is 14.9 Å². The van der Waals surface area contributed by atoms with E-state index in [-0.39, 0.29) is 32.6 Å². The predicted molar refractivity (Wildman–Crippen MR) is 118 cm³/mol. The number of hydrogen-bond donors (Lipinski definition) is 1. The number of nitro groups is 1. The first kappa shape index (κ1) is 24.4. The van der Waals surface area contributed by atoms with Crippen molar-refractivity contribution in [3.63, 3.8) is 0 Å². The quantitative estimate of drug-likeness (QED) is 0.333. The minimum absolute atomic E-state index is 0.0595. The third kappa shape index (κ3) is 5.59. The van der Waals surface area contributed by atoms with Crippen molar-refractivity contribution < 1.29 is 32.4 Å². The maximum absolute atomic E-state index is 12.9. The fourth-order valence-corrected chi connectivity index (χ4v) is 5.11. The van der Waals surface area contributed by atoms with Gasteiger partial charge in [-0.2, -0.15) is 4.31 Å². The number of esters is 1. The van der Waals surface area contributed by atoms with Gasteiger partial charge in [0.2, 0.25) is 10.0 Å². The molecule has 0 atom stereocenters. The number of nitro benzene ring substituents is 1. The monoisotopic (exact) mass is 497 g/mol. The molecule has 0 unspecified atom stereocenters. The molecule has 1 aliphatic heterocycles. The van der Waals surface area contributed by atoms with Crippen molar-refractivity contribution >= 4 is 44.9 Å². The zero-order valence-corrected chi connectivity index (χ0v) is 19.0. The van der Waals surface area contributed by atoms with Crippen LogP contribution in [-0.2, 0) is 19.6 Å². The number of halogens is 1. The summed E-state index contributed by atoms with van der Waals surface area (Å²) in [4.78, 5) is 34.5. The van der Waals surface area contributed by atoms with Gasteiger partial charge in [0.25, 0.3) is 11.6 Å². The highest BCUT2D eigenvalue weighted by Gasteiger charge is 2.31. The molecule has 176 valence electrons. The highest BCUT2D eigenvalue weighted by Crippen LogP contribution is 2.30. The van der Waals surface area contributed by atoms with Gasteiger partial charge in [-0.1, -0.05) is 11.6 Å². The third-order valence-corrected chi connectivity index (χ3v) is 7.09. The summed E-state index contributed by atoms with van der Waals surface area (Å²) in [5.41, 5.74) is -0.217. The second-order valence-electron chi connectivity index (χ2n) is 7.02. The summed E-state index contributed by atoms with van der Waals surface area (Å²) in [6.45, 7) is 0.0729. The van der Waals surface area contributed by atoms with Crippen molar-refractivity contribution in [1.82, 2.24) is 4.31 Å². The lowest BCUT2D eigenvalue weighted by Crippen LogP contribution is -2.28. The van der Waals surface area contributed by atoms with E-state index >= 15 is 0 Å². The summed E-state index contributed by atoms with van der Waals surface area (Å²) < 4.78 is 37.3. The van der Waals surface area contributed by atoms with E-state index in [1.54, 1.807) is 0 Å². The van der Waals surface area contributed by atoms with Crippen LogP contribution < -0.4 is 10.1 Å². The molecule has 1 N–H and O–H groups in total. The van der Waals surface area contributed by atoms with Crippen molar-refractivity contribution in [3.8, 4) is 5.75 Å². The van der Waals surface area contributed by atoms with Crippen LogP contribution in [0.5, 0.6) is 5.75 Å². The number of nitrogens with one attached hydrogen (secondary N) is 1. The maximum atomic E-state index is 12.9. The fraction of sp³-hybridized carbons (Fsp3) is 0.300. The molecule has 0 saturated carbocycles. The van der Waals surface area contributed by atoms with Crippen LogP contribution in [0.25, 0.3) is 0 Å². The van der Waals surface area contributed by atoms with Crippen LogP contribution in [0.4, 0.5) is 11.4 Å². The minimum atomic E-state index is -3.87. The Balaban J connectivity index is 1.69. The second-order valence-corrected chi connectivity index (χ2v) is 9.34. The molecule has 0 aliphatic carbocycles. The van der Waals surface area contributed by atoms with Gasteiger partial charge in [0.15, 0.2) is 6.61 Å². The average Bonchev–Trinajstić information content (AvgIpc) is 3.34. The molecule has 2 aromatic rings. The Morgan fingerprint density at radius 3 is 2.48 bits per heavy atom. The van der Waals surface area contributed by atoms with E-state index in [9.17, 15) is 28.1 Å². The SMILES string of the molecule is COc1ccc(C(=O)OCC(=O)Nc2ccc([N+](=O)[O-])cc2Cl)cc1S(=O)(=O)N1CCCC1. The number of amides is 1. The van der Waals surface area contributed by atoms with E-state index in [0.717, 1.165) is 31.0 Å². The lowest BCUT2D eigenvalue weighted by Gasteiger charge is -2.18. The summed E-state index contributed by atoms with van der Waals surface area (Å²) in [6.07, 6.45) is 1.49. The summed E-state index contributed by atoms with van der Waals surface area (Å²) in [7, 11) is -2.54. The molecular weight excluding hydrogens is 478 g/mol. The number of benzene rings is 2. The molecule has 0 radical (unpaired) electrons. The van der Waals surface area contributed by atoms with Crippen LogP contribution in [0, 0.1) is 10.1 Å². The number of nitrogens with zero attached hydrogens (tertiary/aromatic N) is 2. The van der Waals surface area contributed by atoms with E-state index in [4.69, 9.17) is 21.1 Å². The number of ether oxygens (including phenoxy) is 2. The molecule has 13 heteroatoms. The van der Waals surface area contributed by atoms with Crippen LogP contribution >= 0.6 is 11.6 Å². The van der Waals surface area contributed by atoms with E-state index < -0.39 is 33.4 Å². The Morgan fingerprint density at radius 2 is 1.88 bits per heavy atom. The molecule has 2 aromatic carbocycles. The molecule has 3 rings (SSSR count). The Morgan fingerprint density at radius 1 is 1.18 bits per heavy atom. The zero-order valence-electron chi connectivity index (χ0n) is 17.4. The first-order valence-electron chi connectivity index (χ1n) is 9.72. The number of rotatable bonds is 8. The number of sulfonamides is 1. The van der Waals surface area contributed by atoms with Crippen molar-refractivity contribution in [1.29, 1.82) is 0 Å². The highest BCUT2D eigenvalue weighted by atomic mass is 35.5. The van der Waals surface area contributed by atoms with Gasteiger partial charge < -0.3 is 14.8 Å². The van der Waals surface area contributed by atoms with E-state index in [1.807, 2.05) is 0 Å². The summed E-state index contributed by atoms with van der Waals surface area (Å²) in [6, 6.07) is 7.31. The number of carbonyl (C=O) groups is 2. The van der Waals surface area contributed by atoms with Crippen molar-refractivity contribution in [2.45, 2.75) is 17.7 Å². The molecule has 1 fully saturated rings. The standard InChI is InChI=1S/C20H20ClN3O8S/c1-31-17-7-4-13(10-18(17)33(29,30)23-8-2-3-9-23)20(26)32-12-19(25)22-16-6-5-14(24(27)28)11-15(16)21/h4-7,10-11H,2-3,8-9,12H2,1H3,(H,22,25). The third-order valence-electron chi connectivity index (χ3n) is 4.85. The molecule has 33 heavy (non-hydrogen) atoms. The smallest absolute Gasteiger partial charge is 0.338 e. The Labute approximate surface area is 194 Å². The summed E-state index contributed by atoms with van der Waals surface area (Å²) >= 11 is 5.92. The van der Waals surface area contributed by atoms with Crippen LogP contribution in [-0.4, -0.2) is 56.3 Å². The molecule has 1 aliphatic rings. The molecule has 0 bridgehead atoms. The highest BCUT2D eigenvalue weighted by molar-refractivity contribution is 7.89. The first-order chi connectivity index (χ1) is 15.6. The molecule has 0 spiro atoms. The van der Waals surface area contributed by atoms with Gasteiger partial charge >= 0.3 is 5.97 Å². The van der Waals surface area contributed by atoms with Crippen LogP contribution in [0.3, 0.4) is 0 Å². The van der Waals surface area contributed by atoms with E-state index in [2.05, 4.69) is 5.32 Å². The van der Waals surface area contributed by atoms with Gasteiger partial charge in [0.05, 0.1) is 28.3 Å². The van der Waals surface area contributed by atoms with Crippen LogP contribution in [0.15, 0.2) is 41.3 Å². The molecule has 1 amide bonds. The van der Waals surface area contributed by atoms with E-state index in [1.165, 1.54) is 29.6 Å². The van der Waals surface area contributed by atoms with Gasteiger partial charge in [-0.05, 0) is 37.1 Å². The summed E-state index contributed by atoms with van der Waals surface area (Å²) in [5.74, 6) is -1.57. The lowest BCUT2D eigenvalue weighted by molar-refractivity contribution is -0.384. The minimum Gasteiger partial charge on any atom is -0.495 e. The zero-order chi connectivity index (χ0) is 24.2. The number of methoxy groups -OCH3 is 1. The normalized spacial score (nSPS) is 14.0.